The minimum atomic E-state index is -0.784. The predicted molar refractivity (Wildman–Crippen MR) is 55.6 cm³/mol. The van der Waals surface area contributed by atoms with Gasteiger partial charge in [-0.15, -0.1) is 0 Å². The zero-order chi connectivity index (χ0) is 10.3. The zero-order valence-corrected chi connectivity index (χ0v) is 8.87. The quantitative estimate of drug-likeness (QED) is 0.740. The van der Waals surface area contributed by atoms with Gasteiger partial charge in [-0.25, -0.2) is 0 Å². The van der Waals surface area contributed by atoms with Crippen LogP contribution in [0.15, 0.2) is 18.2 Å². The van der Waals surface area contributed by atoms with Crippen molar-refractivity contribution in [3.8, 4) is 5.75 Å². The number of benzene rings is 1. The van der Waals surface area contributed by atoms with Gasteiger partial charge in [0, 0.05) is 11.5 Å². The molecule has 1 aromatic rings. The lowest BCUT2D eigenvalue weighted by Crippen LogP contribution is -2.18. The van der Waals surface area contributed by atoms with Crippen molar-refractivity contribution in [1.29, 1.82) is 0 Å². The first-order valence-corrected chi connectivity index (χ1v) is 4.98. The van der Waals surface area contributed by atoms with Crippen molar-refractivity contribution in [3.05, 3.63) is 29.3 Å². The summed E-state index contributed by atoms with van der Waals surface area (Å²) in [5, 5.41) is 10.0. The molecule has 1 unspecified atom stereocenters. The molecule has 0 amide bonds. The fraction of sp³-hybridized carbons (Fsp3) is 0.500. The summed E-state index contributed by atoms with van der Waals surface area (Å²) in [4.78, 5) is 0. The molecule has 1 aliphatic heterocycles. The zero-order valence-electron chi connectivity index (χ0n) is 8.87. The van der Waals surface area contributed by atoms with E-state index in [1.54, 1.807) is 0 Å². The minimum Gasteiger partial charge on any atom is -0.493 e. The molecule has 14 heavy (non-hydrogen) atoms. The Kier molecular flexibility index (Phi) is 2.04. The second-order valence-electron chi connectivity index (χ2n) is 4.49. The van der Waals surface area contributed by atoms with Crippen LogP contribution in [-0.4, -0.2) is 11.7 Å². The highest BCUT2D eigenvalue weighted by Crippen LogP contribution is 2.39. The topological polar surface area (TPSA) is 29.5 Å². The van der Waals surface area contributed by atoms with Crippen LogP contribution in [0.5, 0.6) is 5.75 Å². The first-order valence-electron chi connectivity index (χ1n) is 4.98. The summed E-state index contributed by atoms with van der Waals surface area (Å²) in [5.74, 6) is 1.31. The molecule has 2 nitrogen and oxygen atoms in total. The third-order valence-electron chi connectivity index (χ3n) is 2.71. The lowest BCUT2D eigenvalue weighted by atomic mass is 9.88. The number of hydrogen-bond donors (Lipinski definition) is 1. The standard InChI is InChI=1S/C12H16O2/c1-8-7-14-10-6-4-5-9(11(8)10)12(2,3)13/h4-6,8,13H,7H2,1-3H3. The molecule has 2 rings (SSSR count). The van der Waals surface area contributed by atoms with E-state index in [2.05, 4.69) is 6.92 Å². The van der Waals surface area contributed by atoms with Gasteiger partial charge in [0.2, 0.25) is 0 Å². The summed E-state index contributed by atoms with van der Waals surface area (Å²) in [5.41, 5.74) is 1.37. The Labute approximate surface area is 84.5 Å². The highest BCUT2D eigenvalue weighted by atomic mass is 16.5. The molecule has 0 fully saturated rings. The average Bonchev–Trinajstić information content (AvgIpc) is 2.46. The van der Waals surface area contributed by atoms with Gasteiger partial charge in [0.05, 0.1) is 12.2 Å². The van der Waals surface area contributed by atoms with E-state index in [1.165, 1.54) is 5.56 Å². The molecule has 0 spiro atoms. The van der Waals surface area contributed by atoms with Crippen molar-refractivity contribution >= 4 is 0 Å². The molecule has 1 aromatic carbocycles. The van der Waals surface area contributed by atoms with Gasteiger partial charge in [-0.2, -0.15) is 0 Å². The first-order chi connectivity index (χ1) is 6.50. The van der Waals surface area contributed by atoms with E-state index in [1.807, 2.05) is 32.0 Å². The molecule has 0 saturated carbocycles. The molecule has 0 bridgehead atoms. The van der Waals surface area contributed by atoms with E-state index < -0.39 is 5.60 Å². The van der Waals surface area contributed by atoms with E-state index in [-0.39, 0.29) is 0 Å². The van der Waals surface area contributed by atoms with Crippen LogP contribution in [0.4, 0.5) is 0 Å². The van der Waals surface area contributed by atoms with E-state index in [0.717, 1.165) is 17.9 Å². The van der Waals surface area contributed by atoms with E-state index in [9.17, 15) is 5.11 Å². The Morgan fingerprint density at radius 1 is 1.43 bits per heavy atom. The molecule has 76 valence electrons. The third kappa shape index (κ3) is 1.40. The summed E-state index contributed by atoms with van der Waals surface area (Å²) in [6, 6.07) is 5.88. The number of fused-ring (bicyclic) bond motifs is 1. The molecular weight excluding hydrogens is 176 g/mol. The second kappa shape index (κ2) is 2.99. The number of ether oxygens (including phenoxy) is 1. The SMILES string of the molecule is CC1COc2cccc(C(C)(C)O)c21. The van der Waals surface area contributed by atoms with Gasteiger partial charge in [0.1, 0.15) is 5.75 Å². The van der Waals surface area contributed by atoms with Crippen molar-refractivity contribution in [2.24, 2.45) is 0 Å². The number of hydrogen-bond acceptors (Lipinski definition) is 2. The molecule has 0 radical (unpaired) electrons. The minimum absolute atomic E-state index is 0.382. The van der Waals surface area contributed by atoms with E-state index in [0.29, 0.717) is 5.92 Å². The van der Waals surface area contributed by atoms with Gasteiger partial charge < -0.3 is 9.84 Å². The molecule has 1 heterocycles. The van der Waals surface area contributed by atoms with Crippen LogP contribution in [0, 0.1) is 0 Å². The molecule has 1 aliphatic rings. The van der Waals surface area contributed by atoms with Crippen molar-refractivity contribution in [3.63, 3.8) is 0 Å². The predicted octanol–water partition coefficient (Wildman–Crippen LogP) is 2.41. The maximum Gasteiger partial charge on any atom is 0.123 e. The first kappa shape index (κ1) is 9.53. The molecule has 0 aliphatic carbocycles. The normalized spacial score (nSPS) is 20.4. The van der Waals surface area contributed by atoms with Crippen molar-refractivity contribution in [2.75, 3.05) is 6.61 Å². The van der Waals surface area contributed by atoms with Crippen LogP contribution in [0.25, 0.3) is 0 Å². The number of rotatable bonds is 1. The van der Waals surface area contributed by atoms with Gasteiger partial charge in [0.25, 0.3) is 0 Å². The summed E-state index contributed by atoms with van der Waals surface area (Å²) in [6.07, 6.45) is 0. The smallest absolute Gasteiger partial charge is 0.123 e. The van der Waals surface area contributed by atoms with Crippen LogP contribution in [0.3, 0.4) is 0 Å². The molecule has 2 heteroatoms. The van der Waals surface area contributed by atoms with Crippen LogP contribution < -0.4 is 4.74 Å². The van der Waals surface area contributed by atoms with Crippen LogP contribution in [-0.2, 0) is 5.60 Å². The molecule has 0 aromatic heterocycles. The van der Waals surface area contributed by atoms with Crippen LogP contribution >= 0.6 is 0 Å². The Morgan fingerprint density at radius 2 is 2.14 bits per heavy atom. The summed E-state index contributed by atoms with van der Waals surface area (Å²) in [6.45, 7) is 6.48. The second-order valence-corrected chi connectivity index (χ2v) is 4.49. The van der Waals surface area contributed by atoms with Gasteiger partial charge in [-0.1, -0.05) is 19.1 Å². The Bertz CT molecular complexity index is 350. The van der Waals surface area contributed by atoms with Crippen LogP contribution in [0.2, 0.25) is 0 Å². The number of aliphatic hydroxyl groups is 1. The lowest BCUT2D eigenvalue weighted by Gasteiger charge is -2.21. The highest BCUT2D eigenvalue weighted by Gasteiger charge is 2.29. The van der Waals surface area contributed by atoms with Crippen molar-refractivity contribution < 1.29 is 9.84 Å². The fourth-order valence-corrected chi connectivity index (χ4v) is 2.01. The van der Waals surface area contributed by atoms with Crippen LogP contribution in [0.1, 0.15) is 37.8 Å². The largest absolute Gasteiger partial charge is 0.493 e. The Morgan fingerprint density at radius 3 is 2.79 bits per heavy atom. The monoisotopic (exact) mass is 192 g/mol. The average molecular weight is 192 g/mol. The van der Waals surface area contributed by atoms with E-state index >= 15 is 0 Å². The Balaban J connectivity index is 2.58. The van der Waals surface area contributed by atoms with E-state index in [4.69, 9.17) is 4.74 Å². The molecule has 0 saturated heterocycles. The summed E-state index contributed by atoms with van der Waals surface area (Å²) >= 11 is 0. The molecular formula is C12H16O2. The van der Waals surface area contributed by atoms with Gasteiger partial charge in [-0.05, 0) is 25.5 Å². The fourth-order valence-electron chi connectivity index (χ4n) is 2.01. The van der Waals surface area contributed by atoms with Crippen molar-refractivity contribution in [1.82, 2.24) is 0 Å². The van der Waals surface area contributed by atoms with Gasteiger partial charge in [0.15, 0.2) is 0 Å². The Hall–Kier alpha value is -1.02. The van der Waals surface area contributed by atoms with Crippen molar-refractivity contribution in [2.45, 2.75) is 32.3 Å². The summed E-state index contributed by atoms with van der Waals surface area (Å²) < 4.78 is 5.54. The van der Waals surface area contributed by atoms with Gasteiger partial charge >= 0.3 is 0 Å². The molecule has 1 atom stereocenters. The summed E-state index contributed by atoms with van der Waals surface area (Å²) in [7, 11) is 0. The van der Waals surface area contributed by atoms with Gasteiger partial charge in [-0.3, -0.25) is 0 Å². The third-order valence-corrected chi connectivity index (χ3v) is 2.71. The maximum atomic E-state index is 10.0. The lowest BCUT2D eigenvalue weighted by molar-refractivity contribution is 0.0775. The maximum absolute atomic E-state index is 10.0. The molecule has 1 N–H and O–H groups in total. The highest BCUT2D eigenvalue weighted by molar-refractivity contribution is 5.47.